The smallest absolute Gasteiger partial charge is 0.240 e. The van der Waals surface area contributed by atoms with E-state index in [1.807, 2.05) is 44.2 Å². The molecule has 0 aliphatic carbocycles. The highest BCUT2D eigenvalue weighted by Crippen LogP contribution is 2.17. The second-order valence-corrected chi connectivity index (χ2v) is 5.00. The van der Waals surface area contributed by atoms with Gasteiger partial charge in [-0.05, 0) is 25.0 Å². The van der Waals surface area contributed by atoms with Crippen molar-refractivity contribution < 1.29 is 4.79 Å². The summed E-state index contributed by atoms with van der Waals surface area (Å²) in [5.74, 6) is 0.761. The van der Waals surface area contributed by atoms with E-state index in [0.717, 1.165) is 24.3 Å². The number of benzene rings is 1. The normalized spacial score (nSPS) is 9.89. The van der Waals surface area contributed by atoms with Crippen molar-refractivity contribution in [1.29, 1.82) is 0 Å². The maximum atomic E-state index is 11.5. The maximum absolute atomic E-state index is 11.5. The van der Waals surface area contributed by atoms with E-state index in [0.29, 0.717) is 6.42 Å². The number of amides is 1. The highest BCUT2D eigenvalue weighted by atomic mass is 32.2. The van der Waals surface area contributed by atoms with Crippen LogP contribution in [0, 0.1) is 0 Å². The molecule has 0 atom stereocenters. The lowest BCUT2D eigenvalue weighted by molar-refractivity contribution is -0.120. The first-order chi connectivity index (χ1) is 8.76. The van der Waals surface area contributed by atoms with Crippen LogP contribution in [0.25, 0.3) is 0 Å². The molecule has 0 radical (unpaired) electrons. The molecule has 0 aliphatic heterocycles. The standard InChI is InChI=1S/C14H20N2OS/c1-3-12(4-2)15-16-14(17)10-11-18-13-8-6-5-7-9-13/h5-9H,3-4,10-11H2,1-2H3,(H,16,17). The summed E-state index contributed by atoms with van der Waals surface area (Å²) < 4.78 is 0. The fraction of sp³-hybridized carbons (Fsp3) is 0.429. The van der Waals surface area contributed by atoms with Crippen LogP contribution in [0.2, 0.25) is 0 Å². The number of carbonyl (C=O) groups is 1. The van der Waals surface area contributed by atoms with Gasteiger partial charge in [-0.15, -0.1) is 11.8 Å². The summed E-state index contributed by atoms with van der Waals surface area (Å²) in [6.07, 6.45) is 2.26. The number of hydrogen-bond donors (Lipinski definition) is 1. The van der Waals surface area contributed by atoms with Gasteiger partial charge in [0.25, 0.3) is 0 Å². The summed E-state index contributed by atoms with van der Waals surface area (Å²) in [4.78, 5) is 12.7. The molecule has 18 heavy (non-hydrogen) atoms. The number of nitrogens with one attached hydrogen (secondary N) is 1. The van der Waals surface area contributed by atoms with Gasteiger partial charge < -0.3 is 0 Å². The van der Waals surface area contributed by atoms with Crippen molar-refractivity contribution in [3.05, 3.63) is 30.3 Å². The predicted molar refractivity (Wildman–Crippen MR) is 77.9 cm³/mol. The zero-order valence-electron chi connectivity index (χ0n) is 11.0. The van der Waals surface area contributed by atoms with Crippen molar-refractivity contribution in [2.24, 2.45) is 5.10 Å². The van der Waals surface area contributed by atoms with Gasteiger partial charge in [0.1, 0.15) is 0 Å². The summed E-state index contributed by atoms with van der Waals surface area (Å²) in [5, 5.41) is 4.09. The average molecular weight is 264 g/mol. The Hall–Kier alpha value is -1.29. The molecule has 0 saturated heterocycles. The Kier molecular flexibility index (Phi) is 7.18. The van der Waals surface area contributed by atoms with E-state index >= 15 is 0 Å². The Morgan fingerprint density at radius 1 is 1.22 bits per heavy atom. The fourth-order valence-corrected chi connectivity index (χ4v) is 2.26. The number of hydrogen-bond acceptors (Lipinski definition) is 3. The molecular formula is C14H20N2OS. The largest absolute Gasteiger partial charge is 0.273 e. The molecule has 98 valence electrons. The van der Waals surface area contributed by atoms with Crippen LogP contribution in [0.15, 0.2) is 40.3 Å². The van der Waals surface area contributed by atoms with Gasteiger partial charge in [-0.1, -0.05) is 32.0 Å². The third-order valence-electron chi connectivity index (χ3n) is 2.50. The van der Waals surface area contributed by atoms with E-state index in [-0.39, 0.29) is 5.91 Å². The van der Waals surface area contributed by atoms with Gasteiger partial charge in [0, 0.05) is 22.8 Å². The van der Waals surface area contributed by atoms with E-state index in [9.17, 15) is 4.79 Å². The molecule has 1 N–H and O–H groups in total. The second-order valence-electron chi connectivity index (χ2n) is 3.83. The molecule has 0 fully saturated rings. The van der Waals surface area contributed by atoms with E-state index < -0.39 is 0 Å². The quantitative estimate of drug-likeness (QED) is 0.465. The van der Waals surface area contributed by atoms with Gasteiger partial charge in [0.15, 0.2) is 0 Å². The van der Waals surface area contributed by atoms with Crippen LogP contribution >= 0.6 is 11.8 Å². The SMILES string of the molecule is CCC(CC)=NNC(=O)CCSc1ccccc1. The van der Waals surface area contributed by atoms with Gasteiger partial charge in [-0.2, -0.15) is 5.10 Å². The topological polar surface area (TPSA) is 41.5 Å². The maximum Gasteiger partial charge on any atom is 0.240 e. The van der Waals surface area contributed by atoms with Gasteiger partial charge >= 0.3 is 0 Å². The van der Waals surface area contributed by atoms with E-state index in [1.54, 1.807) is 11.8 Å². The molecule has 0 heterocycles. The van der Waals surface area contributed by atoms with Crippen LogP contribution in [0.4, 0.5) is 0 Å². The third-order valence-corrected chi connectivity index (χ3v) is 3.51. The fourth-order valence-electron chi connectivity index (χ4n) is 1.38. The lowest BCUT2D eigenvalue weighted by Crippen LogP contribution is -2.19. The van der Waals surface area contributed by atoms with Crippen molar-refractivity contribution in [3.8, 4) is 0 Å². The number of nitrogens with zero attached hydrogens (tertiary/aromatic N) is 1. The Labute approximate surface area is 113 Å². The van der Waals surface area contributed by atoms with Gasteiger partial charge in [-0.3, -0.25) is 4.79 Å². The van der Waals surface area contributed by atoms with Crippen LogP contribution in [-0.4, -0.2) is 17.4 Å². The molecule has 0 bridgehead atoms. The van der Waals surface area contributed by atoms with Crippen LogP contribution in [0.5, 0.6) is 0 Å². The molecule has 0 aromatic heterocycles. The van der Waals surface area contributed by atoms with Crippen molar-refractivity contribution >= 4 is 23.4 Å². The van der Waals surface area contributed by atoms with E-state index in [1.165, 1.54) is 4.90 Å². The van der Waals surface area contributed by atoms with Crippen molar-refractivity contribution in [3.63, 3.8) is 0 Å². The molecule has 0 spiro atoms. The number of rotatable bonds is 7. The lowest BCUT2D eigenvalue weighted by Gasteiger charge is -2.03. The van der Waals surface area contributed by atoms with E-state index in [4.69, 9.17) is 0 Å². The first kappa shape index (κ1) is 14.8. The molecule has 4 heteroatoms. The van der Waals surface area contributed by atoms with Crippen LogP contribution in [-0.2, 0) is 4.79 Å². The predicted octanol–water partition coefficient (Wildman–Crippen LogP) is 3.46. The van der Waals surface area contributed by atoms with Gasteiger partial charge in [-0.25, -0.2) is 5.43 Å². The van der Waals surface area contributed by atoms with Crippen LogP contribution in [0.1, 0.15) is 33.1 Å². The van der Waals surface area contributed by atoms with Crippen LogP contribution < -0.4 is 5.43 Å². The first-order valence-electron chi connectivity index (χ1n) is 6.28. The third kappa shape index (κ3) is 5.87. The molecule has 1 aromatic rings. The van der Waals surface area contributed by atoms with Crippen LogP contribution in [0.3, 0.4) is 0 Å². The Morgan fingerprint density at radius 3 is 2.50 bits per heavy atom. The van der Waals surface area contributed by atoms with Crippen molar-refractivity contribution in [2.45, 2.75) is 38.0 Å². The zero-order chi connectivity index (χ0) is 13.2. The molecule has 0 saturated carbocycles. The van der Waals surface area contributed by atoms with Gasteiger partial charge in [0.05, 0.1) is 0 Å². The second kappa shape index (κ2) is 8.75. The Bertz CT molecular complexity index is 384. The minimum Gasteiger partial charge on any atom is -0.273 e. The van der Waals surface area contributed by atoms with E-state index in [2.05, 4.69) is 10.5 Å². The molecular weight excluding hydrogens is 244 g/mol. The number of thioether (sulfide) groups is 1. The monoisotopic (exact) mass is 264 g/mol. The molecule has 1 rings (SSSR count). The minimum absolute atomic E-state index is 0.0159. The summed E-state index contributed by atoms with van der Waals surface area (Å²) in [6, 6.07) is 10.1. The highest BCUT2D eigenvalue weighted by molar-refractivity contribution is 7.99. The zero-order valence-corrected chi connectivity index (χ0v) is 11.8. The Balaban J connectivity index is 2.23. The molecule has 0 aliphatic rings. The molecule has 1 amide bonds. The summed E-state index contributed by atoms with van der Waals surface area (Å²) in [7, 11) is 0. The first-order valence-corrected chi connectivity index (χ1v) is 7.27. The molecule has 0 unspecified atom stereocenters. The Morgan fingerprint density at radius 2 is 1.89 bits per heavy atom. The van der Waals surface area contributed by atoms with Crippen molar-refractivity contribution in [2.75, 3.05) is 5.75 Å². The highest BCUT2D eigenvalue weighted by Gasteiger charge is 2.01. The molecule has 3 nitrogen and oxygen atoms in total. The van der Waals surface area contributed by atoms with Gasteiger partial charge in [0.2, 0.25) is 5.91 Å². The van der Waals surface area contributed by atoms with Crippen molar-refractivity contribution in [1.82, 2.24) is 5.43 Å². The summed E-state index contributed by atoms with van der Waals surface area (Å²) in [5.41, 5.74) is 3.63. The molecule has 1 aromatic carbocycles. The average Bonchev–Trinajstić information content (AvgIpc) is 2.41. The summed E-state index contributed by atoms with van der Waals surface area (Å²) in [6.45, 7) is 4.08. The number of carbonyl (C=O) groups excluding carboxylic acids is 1. The number of hydrazone groups is 1. The minimum atomic E-state index is -0.0159. The lowest BCUT2D eigenvalue weighted by atomic mass is 10.2. The summed E-state index contributed by atoms with van der Waals surface area (Å²) >= 11 is 1.69.